The second-order valence-electron chi connectivity index (χ2n) is 5.61. The van der Waals surface area contributed by atoms with Gasteiger partial charge in [-0.15, -0.1) is 11.3 Å². The molecule has 0 amide bonds. The molecule has 1 fully saturated rings. The Labute approximate surface area is 144 Å². The molecule has 0 saturated carbocycles. The van der Waals surface area contributed by atoms with Crippen LogP contribution in [0.1, 0.15) is 29.7 Å². The minimum Gasteiger partial charge on any atom is -0.467 e. The van der Waals surface area contributed by atoms with Crippen molar-refractivity contribution in [3.8, 4) is 0 Å². The molecule has 4 nitrogen and oxygen atoms in total. The summed E-state index contributed by atoms with van der Waals surface area (Å²) in [5.41, 5.74) is 1.08. The van der Waals surface area contributed by atoms with Crippen LogP contribution in [0, 0.1) is 0 Å². The summed E-state index contributed by atoms with van der Waals surface area (Å²) in [6.45, 7) is 1.60. The van der Waals surface area contributed by atoms with Crippen LogP contribution in [0.15, 0.2) is 47.1 Å². The van der Waals surface area contributed by atoms with Gasteiger partial charge in [0.1, 0.15) is 10.8 Å². The van der Waals surface area contributed by atoms with Crippen molar-refractivity contribution in [3.05, 3.63) is 53.4 Å². The van der Waals surface area contributed by atoms with Gasteiger partial charge >= 0.3 is 0 Å². The predicted octanol–water partition coefficient (Wildman–Crippen LogP) is 4.10. The molecule has 1 aliphatic heterocycles. The van der Waals surface area contributed by atoms with Gasteiger partial charge in [0.05, 0.1) is 29.1 Å². The van der Waals surface area contributed by atoms with Crippen LogP contribution < -0.4 is 5.32 Å². The largest absolute Gasteiger partial charge is 0.467 e. The molecule has 1 aromatic carbocycles. The Hall–Kier alpha value is -1.92. The fourth-order valence-corrected chi connectivity index (χ4v) is 4.38. The highest BCUT2D eigenvalue weighted by Gasteiger charge is 2.30. The summed E-state index contributed by atoms with van der Waals surface area (Å²) in [6, 6.07) is 12.4. The minimum atomic E-state index is 0.281. The summed E-state index contributed by atoms with van der Waals surface area (Å²) in [6.07, 6.45) is 3.92. The smallest absolute Gasteiger partial charge is 0.169 e. The van der Waals surface area contributed by atoms with Gasteiger partial charge in [-0.3, -0.25) is 0 Å². The molecule has 0 aliphatic carbocycles. The van der Waals surface area contributed by atoms with E-state index in [9.17, 15) is 0 Å². The lowest BCUT2D eigenvalue weighted by Crippen LogP contribution is -2.38. The topological polar surface area (TPSA) is 41.3 Å². The molecule has 0 unspecified atom stereocenters. The Morgan fingerprint density at radius 3 is 3.09 bits per heavy atom. The SMILES string of the molecule is S=C(NCc1ccco1)N1CCC[C@H]1c1nc2ccccc2s1. The molecule has 0 spiro atoms. The monoisotopic (exact) mass is 343 g/mol. The summed E-state index contributed by atoms with van der Waals surface area (Å²) < 4.78 is 6.59. The van der Waals surface area contributed by atoms with Crippen molar-refractivity contribution in [2.75, 3.05) is 6.54 Å². The average molecular weight is 343 g/mol. The number of nitrogens with one attached hydrogen (secondary N) is 1. The molecule has 2 aromatic heterocycles. The van der Waals surface area contributed by atoms with Gasteiger partial charge in [-0.1, -0.05) is 12.1 Å². The van der Waals surface area contributed by atoms with Crippen molar-refractivity contribution >= 4 is 38.9 Å². The summed E-state index contributed by atoms with van der Waals surface area (Å²) in [5, 5.41) is 5.24. The van der Waals surface area contributed by atoms with E-state index in [0.29, 0.717) is 6.54 Å². The summed E-state index contributed by atoms with van der Waals surface area (Å²) in [7, 11) is 0. The van der Waals surface area contributed by atoms with Crippen molar-refractivity contribution < 1.29 is 4.42 Å². The number of hydrogen-bond donors (Lipinski definition) is 1. The number of thiazole rings is 1. The van der Waals surface area contributed by atoms with E-state index >= 15 is 0 Å². The molecule has 118 valence electrons. The fourth-order valence-electron chi connectivity index (χ4n) is 2.98. The van der Waals surface area contributed by atoms with Crippen LogP contribution in [-0.4, -0.2) is 21.5 Å². The first-order chi connectivity index (χ1) is 11.3. The second kappa shape index (κ2) is 6.29. The molecule has 6 heteroatoms. The zero-order valence-electron chi connectivity index (χ0n) is 12.6. The van der Waals surface area contributed by atoms with Gasteiger partial charge in [0.2, 0.25) is 0 Å². The molecule has 1 N–H and O–H groups in total. The Morgan fingerprint density at radius 2 is 2.26 bits per heavy atom. The van der Waals surface area contributed by atoms with E-state index < -0.39 is 0 Å². The number of benzene rings is 1. The number of nitrogens with zero attached hydrogens (tertiary/aromatic N) is 2. The van der Waals surface area contributed by atoms with Crippen molar-refractivity contribution in [2.24, 2.45) is 0 Å². The first-order valence-corrected chi connectivity index (χ1v) is 8.96. The van der Waals surface area contributed by atoms with E-state index in [4.69, 9.17) is 21.6 Å². The van der Waals surface area contributed by atoms with E-state index in [2.05, 4.69) is 28.4 Å². The predicted molar refractivity (Wildman–Crippen MR) is 96.4 cm³/mol. The van der Waals surface area contributed by atoms with Crippen LogP contribution in [0.5, 0.6) is 0 Å². The van der Waals surface area contributed by atoms with Crippen LogP contribution >= 0.6 is 23.6 Å². The average Bonchev–Trinajstić information content (AvgIpc) is 3.31. The molecule has 1 atom stereocenters. The summed E-state index contributed by atoms with van der Waals surface area (Å²) >= 11 is 7.37. The highest BCUT2D eigenvalue weighted by molar-refractivity contribution is 7.80. The summed E-state index contributed by atoms with van der Waals surface area (Å²) in [5.74, 6) is 0.892. The number of thiocarbonyl (C=S) groups is 1. The molecule has 0 radical (unpaired) electrons. The maximum atomic E-state index is 5.59. The highest BCUT2D eigenvalue weighted by Crippen LogP contribution is 2.36. The van der Waals surface area contributed by atoms with Gasteiger partial charge in [-0.25, -0.2) is 4.98 Å². The van der Waals surface area contributed by atoms with E-state index in [-0.39, 0.29) is 6.04 Å². The number of para-hydroxylation sites is 1. The van der Waals surface area contributed by atoms with Gasteiger partial charge in [0.15, 0.2) is 5.11 Å². The van der Waals surface area contributed by atoms with Gasteiger partial charge in [-0.2, -0.15) is 0 Å². The second-order valence-corrected chi connectivity index (χ2v) is 7.06. The quantitative estimate of drug-likeness (QED) is 0.725. The fraction of sp³-hybridized carbons (Fsp3) is 0.294. The van der Waals surface area contributed by atoms with Crippen molar-refractivity contribution in [1.29, 1.82) is 0 Å². The van der Waals surface area contributed by atoms with Gasteiger partial charge < -0.3 is 14.6 Å². The zero-order valence-corrected chi connectivity index (χ0v) is 14.2. The van der Waals surface area contributed by atoms with Crippen LogP contribution in [0.4, 0.5) is 0 Å². The van der Waals surface area contributed by atoms with Crippen molar-refractivity contribution in [2.45, 2.75) is 25.4 Å². The van der Waals surface area contributed by atoms with Gasteiger partial charge in [0.25, 0.3) is 0 Å². The normalized spacial score (nSPS) is 17.7. The van der Waals surface area contributed by atoms with E-state index in [1.54, 1.807) is 17.6 Å². The lowest BCUT2D eigenvalue weighted by molar-refractivity contribution is 0.389. The maximum absolute atomic E-state index is 5.59. The Morgan fingerprint density at radius 1 is 1.35 bits per heavy atom. The molecular formula is C17H17N3OS2. The molecule has 23 heavy (non-hydrogen) atoms. The summed E-state index contributed by atoms with van der Waals surface area (Å²) in [4.78, 5) is 7.07. The van der Waals surface area contributed by atoms with Crippen LogP contribution in [0.3, 0.4) is 0 Å². The van der Waals surface area contributed by atoms with Gasteiger partial charge in [0, 0.05) is 6.54 Å². The van der Waals surface area contributed by atoms with E-state index in [0.717, 1.165) is 40.8 Å². The van der Waals surface area contributed by atoms with Crippen LogP contribution in [0.25, 0.3) is 10.2 Å². The first kappa shape index (κ1) is 14.7. The first-order valence-electron chi connectivity index (χ1n) is 7.73. The number of hydrogen-bond acceptors (Lipinski definition) is 4. The molecule has 0 bridgehead atoms. The standard InChI is InChI=1S/C17H17N3OS2/c22-17(18-11-12-5-4-10-21-12)20-9-3-7-14(20)16-19-13-6-1-2-8-15(13)23-16/h1-2,4-6,8,10,14H,3,7,9,11H2,(H,18,22)/t14-/m0/s1. The number of rotatable bonds is 3. The van der Waals surface area contributed by atoms with Crippen molar-refractivity contribution in [1.82, 2.24) is 15.2 Å². The molecule has 3 aromatic rings. The van der Waals surface area contributed by atoms with Crippen LogP contribution in [0.2, 0.25) is 0 Å². The number of aromatic nitrogens is 1. The molecule has 4 rings (SSSR count). The third kappa shape index (κ3) is 2.96. The third-order valence-corrected chi connectivity index (χ3v) is 5.62. The number of furan rings is 1. The van der Waals surface area contributed by atoms with Crippen molar-refractivity contribution in [3.63, 3.8) is 0 Å². The molecule has 1 aliphatic rings. The lowest BCUT2D eigenvalue weighted by Gasteiger charge is -2.26. The van der Waals surface area contributed by atoms with Crippen LogP contribution in [-0.2, 0) is 6.54 Å². The third-order valence-electron chi connectivity index (χ3n) is 4.10. The lowest BCUT2D eigenvalue weighted by atomic mass is 10.2. The Kier molecular flexibility index (Phi) is 4.01. The van der Waals surface area contributed by atoms with E-state index in [1.165, 1.54) is 4.70 Å². The maximum Gasteiger partial charge on any atom is 0.169 e. The molecular weight excluding hydrogens is 326 g/mol. The molecule has 3 heterocycles. The molecule has 1 saturated heterocycles. The van der Waals surface area contributed by atoms with E-state index in [1.807, 2.05) is 18.2 Å². The Balaban J connectivity index is 1.50. The zero-order chi connectivity index (χ0) is 15.6. The highest BCUT2D eigenvalue weighted by atomic mass is 32.1. The Bertz CT molecular complexity index is 779. The number of fused-ring (bicyclic) bond motifs is 1. The number of likely N-dealkylation sites (tertiary alicyclic amines) is 1. The van der Waals surface area contributed by atoms with Gasteiger partial charge in [-0.05, 0) is 49.3 Å². The minimum absolute atomic E-state index is 0.281.